The van der Waals surface area contributed by atoms with Gasteiger partial charge in [0.15, 0.2) is 5.78 Å². The summed E-state index contributed by atoms with van der Waals surface area (Å²) in [6.45, 7) is 3.27. The SMILES string of the molecule is C=CC(=O)Cc1c[nH]c(=O)[nH]c1=O. The molecule has 0 unspecified atom stereocenters. The van der Waals surface area contributed by atoms with E-state index in [9.17, 15) is 14.4 Å². The Labute approximate surface area is 73.1 Å². The average Bonchev–Trinajstić information content (AvgIpc) is 2.09. The lowest BCUT2D eigenvalue weighted by Gasteiger charge is -1.93. The zero-order valence-corrected chi connectivity index (χ0v) is 6.79. The summed E-state index contributed by atoms with van der Waals surface area (Å²) in [5.41, 5.74) is -0.900. The van der Waals surface area contributed by atoms with Crippen LogP contribution in [0.3, 0.4) is 0 Å². The molecule has 0 radical (unpaired) electrons. The summed E-state index contributed by atoms with van der Waals surface area (Å²) in [6.07, 6.45) is 2.31. The van der Waals surface area contributed by atoms with Crippen molar-refractivity contribution in [2.24, 2.45) is 0 Å². The predicted molar refractivity (Wildman–Crippen MR) is 46.6 cm³/mol. The molecule has 13 heavy (non-hydrogen) atoms. The number of rotatable bonds is 3. The van der Waals surface area contributed by atoms with E-state index in [0.29, 0.717) is 0 Å². The third-order valence-electron chi connectivity index (χ3n) is 1.49. The number of aromatic amines is 2. The highest BCUT2D eigenvalue weighted by Gasteiger charge is 2.03. The number of ketones is 1. The van der Waals surface area contributed by atoms with E-state index in [0.717, 1.165) is 6.08 Å². The largest absolute Gasteiger partial charge is 0.325 e. The smallest absolute Gasteiger partial charge is 0.314 e. The van der Waals surface area contributed by atoms with Crippen LogP contribution < -0.4 is 11.2 Å². The van der Waals surface area contributed by atoms with Gasteiger partial charge in [-0.05, 0) is 6.08 Å². The molecule has 68 valence electrons. The first kappa shape index (κ1) is 9.18. The maximum atomic E-state index is 11.0. The third kappa shape index (κ3) is 2.26. The van der Waals surface area contributed by atoms with E-state index in [-0.39, 0.29) is 17.8 Å². The molecule has 0 spiro atoms. The summed E-state index contributed by atoms with van der Waals surface area (Å²) in [6, 6.07) is 0. The van der Waals surface area contributed by atoms with Crippen LogP contribution in [0.2, 0.25) is 0 Å². The van der Waals surface area contributed by atoms with E-state index in [4.69, 9.17) is 0 Å². The molecule has 5 heteroatoms. The summed E-state index contributed by atoms with van der Waals surface area (Å²) < 4.78 is 0. The van der Waals surface area contributed by atoms with Crippen LogP contribution in [0.15, 0.2) is 28.4 Å². The zero-order valence-electron chi connectivity index (χ0n) is 6.79. The fourth-order valence-corrected chi connectivity index (χ4v) is 0.829. The molecule has 0 aliphatic heterocycles. The van der Waals surface area contributed by atoms with Gasteiger partial charge in [-0.1, -0.05) is 6.58 Å². The first-order valence-electron chi connectivity index (χ1n) is 3.59. The van der Waals surface area contributed by atoms with Crippen LogP contribution in [-0.4, -0.2) is 15.8 Å². The molecular formula is C8H8N2O3. The summed E-state index contributed by atoms with van der Waals surface area (Å²) in [7, 11) is 0. The topological polar surface area (TPSA) is 82.8 Å². The summed E-state index contributed by atoms with van der Waals surface area (Å²) in [5, 5.41) is 0. The molecule has 1 rings (SSSR count). The molecule has 0 aliphatic rings. The standard InChI is InChI=1S/C8H8N2O3/c1-2-6(11)3-5-4-9-8(13)10-7(5)12/h2,4H,1,3H2,(H2,9,10,12,13). The summed E-state index contributed by atoms with van der Waals surface area (Å²) in [5.74, 6) is -0.266. The van der Waals surface area contributed by atoms with Gasteiger partial charge in [0, 0.05) is 18.2 Å². The molecule has 0 aliphatic carbocycles. The van der Waals surface area contributed by atoms with Crippen LogP contribution in [0.5, 0.6) is 0 Å². The normalized spacial score (nSPS) is 9.54. The molecule has 0 saturated carbocycles. The van der Waals surface area contributed by atoms with Gasteiger partial charge in [-0.15, -0.1) is 0 Å². The Bertz CT molecular complexity index is 441. The van der Waals surface area contributed by atoms with Crippen LogP contribution in [0.4, 0.5) is 0 Å². The molecule has 2 N–H and O–H groups in total. The minimum absolute atomic E-state index is 0.0460. The first-order chi connectivity index (χ1) is 6.13. The Morgan fingerprint density at radius 3 is 2.77 bits per heavy atom. The van der Waals surface area contributed by atoms with Gasteiger partial charge in [0.1, 0.15) is 0 Å². The van der Waals surface area contributed by atoms with Crippen LogP contribution >= 0.6 is 0 Å². The molecule has 0 fully saturated rings. The maximum absolute atomic E-state index is 11.0. The maximum Gasteiger partial charge on any atom is 0.325 e. The van der Waals surface area contributed by atoms with E-state index >= 15 is 0 Å². The van der Waals surface area contributed by atoms with Crippen LogP contribution in [0, 0.1) is 0 Å². The summed E-state index contributed by atoms with van der Waals surface area (Å²) in [4.78, 5) is 36.8. The van der Waals surface area contributed by atoms with E-state index in [1.165, 1.54) is 6.20 Å². The van der Waals surface area contributed by atoms with Crippen LogP contribution in [0.25, 0.3) is 0 Å². The lowest BCUT2D eigenvalue weighted by atomic mass is 10.2. The number of carbonyl (C=O) groups excluding carboxylic acids is 1. The molecule has 1 aromatic rings. The van der Waals surface area contributed by atoms with Crippen molar-refractivity contribution in [1.82, 2.24) is 9.97 Å². The second-order valence-corrected chi connectivity index (χ2v) is 2.44. The van der Waals surface area contributed by atoms with E-state index < -0.39 is 11.2 Å². The lowest BCUT2D eigenvalue weighted by Crippen LogP contribution is -2.25. The highest BCUT2D eigenvalue weighted by Crippen LogP contribution is 1.88. The Kier molecular flexibility index (Phi) is 2.59. The second-order valence-electron chi connectivity index (χ2n) is 2.44. The lowest BCUT2D eigenvalue weighted by molar-refractivity contribution is -0.114. The molecule has 0 bridgehead atoms. The number of nitrogens with one attached hydrogen (secondary N) is 2. The highest BCUT2D eigenvalue weighted by molar-refractivity contribution is 5.90. The van der Waals surface area contributed by atoms with Crippen molar-refractivity contribution < 1.29 is 4.79 Å². The highest BCUT2D eigenvalue weighted by atomic mass is 16.2. The minimum atomic E-state index is -0.584. The number of H-pyrrole nitrogens is 2. The predicted octanol–water partition coefficient (Wildman–Crippen LogP) is -0.639. The number of carbonyl (C=O) groups is 1. The van der Waals surface area contributed by atoms with Crippen LogP contribution in [-0.2, 0) is 11.2 Å². The Morgan fingerprint density at radius 2 is 2.23 bits per heavy atom. The Morgan fingerprint density at radius 1 is 1.54 bits per heavy atom. The van der Waals surface area contributed by atoms with Crippen molar-refractivity contribution >= 4 is 5.78 Å². The van der Waals surface area contributed by atoms with Gasteiger partial charge in [0.2, 0.25) is 0 Å². The molecule has 0 atom stereocenters. The van der Waals surface area contributed by atoms with Gasteiger partial charge in [-0.25, -0.2) is 4.79 Å². The molecule has 1 aromatic heterocycles. The van der Waals surface area contributed by atoms with E-state index in [2.05, 4.69) is 11.6 Å². The fourth-order valence-electron chi connectivity index (χ4n) is 0.829. The summed E-state index contributed by atoms with van der Waals surface area (Å²) >= 11 is 0. The molecule has 0 saturated heterocycles. The van der Waals surface area contributed by atoms with Gasteiger partial charge in [0.25, 0.3) is 5.56 Å². The molecule has 0 amide bonds. The van der Waals surface area contributed by atoms with Gasteiger partial charge in [-0.3, -0.25) is 14.6 Å². The van der Waals surface area contributed by atoms with Crippen LogP contribution in [0.1, 0.15) is 5.56 Å². The molecule has 5 nitrogen and oxygen atoms in total. The number of hydrogen-bond donors (Lipinski definition) is 2. The van der Waals surface area contributed by atoms with Gasteiger partial charge in [-0.2, -0.15) is 0 Å². The third-order valence-corrected chi connectivity index (χ3v) is 1.49. The van der Waals surface area contributed by atoms with Crippen molar-refractivity contribution in [3.63, 3.8) is 0 Å². The number of aromatic nitrogens is 2. The monoisotopic (exact) mass is 180 g/mol. The molecular weight excluding hydrogens is 172 g/mol. The first-order valence-corrected chi connectivity index (χ1v) is 3.59. The zero-order chi connectivity index (χ0) is 9.84. The molecule has 0 aromatic carbocycles. The molecule has 1 heterocycles. The van der Waals surface area contributed by atoms with E-state index in [1.54, 1.807) is 0 Å². The second kappa shape index (κ2) is 3.66. The number of allylic oxidation sites excluding steroid dienone is 1. The average molecular weight is 180 g/mol. The number of hydrogen-bond acceptors (Lipinski definition) is 3. The van der Waals surface area contributed by atoms with Crippen molar-refractivity contribution in [2.75, 3.05) is 0 Å². The Hall–Kier alpha value is -1.91. The minimum Gasteiger partial charge on any atom is -0.314 e. The quantitative estimate of drug-likeness (QED) is 0.607. The fraction of sp³-hybridized carbons (Fsp3) is 0.125. The van der Waals surface area contributed by atoms with Crippen molar-refractivity contribution in [3.05, 3.63) is 45.3 Å². The Balaban J connectivity index is 3.03. The van der Waals surface area contributed by atoms with Gasteiger partial charge >= 0.3 is 5.69 Å². The van der Waals surface area contributed by atoms with E-state index in [1.807, 2.05) is 4.98 Å². The van der Waals surface area contributed by atoms with Gasteiger partial charge in [0.05, 0.1) is 0 Å². The van der Waals surface area contributed by atoms with Gasteiger partial charge < -0.3 is 4.98 Å². The van der Waals surface area contributed by atoms with Crippen molar-refractivity contribution in [1.29, 1.82) is 0 Å². The van der Waals surface area contributed by atoms with Crippen molar-refractivity contribution in [2.45, 2.75) is 6.42 Å². The van der Waals surface area contributed by atoms with Crippen molar-refractivity contribution in [3.8, 4) is 0 Å².